The van der Waals surface area contributed by atoms with E-state index in [1.807, 2.05) is 18.4 Å². The topological polar surface area (TPSA) is 80.3 Å². The van der Waals surface area contributed by atoms with E-state index in [4.69, 9.17) is 5.73 Å². The number of aryl methyl sites for hydroxylation is 1. The third-order valence-corrected chi connectivity index (χ3v) is 3.68. The third kappa shape index (κ3) is 4.27. The smallest absolute Gasteiger partial charge is 0.268 e. The summed E-state index contributed by atoms with van der Waals surface area (Å²) < 4.78 is 1.86. The van der Waals surface area contributed by atoms with Crippen LogP contribution >= 0.6 is 0 Å². The molecule has 114 valence electrons. The van der Waals surface area contributed by atoms with Crippen molar-refractivity contribution in [3.63, 3.8) is 0 Å². The van der Waals surface area contributed by atoms with Crippen molar-refractivity contribution in [3.8, 4) is 0 Å². The van der Waals surface area contributed by atoms with Crippen LogP contribution in [0, 0.1) is 5.92 Å². The summed E-state index contributed by atoms with van der Waals surface area (Å²) >= 11 is 0. The fraction of sp³-hybridized carbons (Fsp3) is 0.667. The van der Waals surface area contributed by atoms with E-state index in [0.29, 0.717) is 11.4 Å². The van der Waals surface area contributed by atoms with E-state index in [9.17, 15) is 9.90 Å². The fourth-order valence-electron chi connectivity index (χ4n) is 2.44. The van der Waals surface area contributed by atoms with Gasteiger partial charge in [-0.15, -0.1) is 0 Å². The Labute approximate surface area is 121 Å². The van der Waals surface area contributed by atoms with Crippen LogP contribution in [-0.2, 0) is 6.54 Å². The largest absolute Gasteiger partial charge is 0.397 e. The van der Waals surface area contributed by atoms with Gasteiger partial charge in [0.25, 0.3) is 5.91 Å². The normalized spacial score (nSPS) is 12.7. The maximum atomic E-state index is 12.2. The van der Waals surface area contributed by atoms with Gasteiger partial charge in [0.05, 0.1) is 11.8 Å². The van der Waals surface area contributed by atoms with E-state index in [1.54, 1.807) is 12.3 Å². The van der Waals surface area contributed by atoms with Gasteiger partial charge < -0.3 is 20.7 Å². The molecule has 0 aliphatic rings. The van der Waals surface area contributed by atoms with Crippen molar-refractivity contribution < 1.29 is 9.90 Å². The van der Waals surface area contributed by atoms with Gasteiger partial charge in [0.15, 0.2) is 0 Å². The molecule has 5 heteroatoms. The molecule has 0 fully saturated rings. The van der Waals surface area contributed by atoms with Crippen molar-refractivity contribution in [3.05, 3.63) is 18.0 Å². The zero-order chi connectivity index (χ0) is 15.1. The highest BCUT2D eigenvalue weighted by Crippen LogP contribution is 2.14. The lowest BCUT2D eigenvalue weighted by molar-refractivity contribution is 0.0810. The van der Waals surface area contributed by atoms with Gasteiger partial charge in [0.1, 0.15) is 5.69 Å². The van der Waals surface area contributed by atoms with E-state index in [0.717, 1.165) is 25.8 Å². The lowest BCUT2D eigenvalue weighted by atomic mass is 9.96. The van der Waals surface area contributed by atoms with Gasteiger partial charge in [0.2, 0.25) is 0 Å². The predicted octanol–water partition coefficient (Wildman–Crippen LogP) is 2.01. The molecular formula is C15H27N3O2. The highest BCUT2D eigenvalue weighted by atomic mass is 16.3. The van der Waals surface area contributed by atoms with Crippen LogP contribution in [0.25, 0.3) is 0 Å². The summed E-state index contributed by atoms with van der Waals surface area (Å²) in [7, 11) is 0. The van der Waals surface area contributed by atoms with Crippen LogP contribution in [-0.4, -0.2) is 28.2 Å². The number of rotatable bonds is 8. The Kier molecular flexibility index (Phi) is 6.58. The molecule has 0 spiro atoms. The first-order chi connectivity index (χ1) is 9.53. The Morgan fingerprint density at radius 1 is 1.40 bits per heavy atom. The molecule has 1 atom stereocenters. The first-order valence-corrected chi connectivity index (χ1v) is 7.45. The Balaban J connectivity index is 2.63. The highest BCUT2D eigenvalue weighted by Gasteiger charge is 2.18. The summed E-state index contributed by atoms with van der Waals surface area (Å²) in [4.78, 5) is 12.2. The van der Waals surface area contributed by atoms with Crippen LogP contribution in [0.2, 0.25) is 0 Å². The molecule has 1 rings (SSSR count). The molecule has 1 amide bonds. The molecule has 0 aliphatic carbocycles. The number of aliphatic hydroxyl groups excluding tert-OH is 1. The molecule has 0 saturated heterocycles. The number of nitrogens with zero attached hydrogens (tertiary/aromatic N) is 1. The molecule has 0 saturated carbocycles. The average molecular weight is 281 g/mol. The number of anilines is 1. The van der Waals surface area contributed by atoms with Crippen LogP contribution in [0.15, 0.2) is 12.3 Å². The fourth-order valence-corrected chi connectivity index (χ4v) is 2.44. The molecular weight excluding hydrogens is 254 g/mol. The quantitative estimate of drug-likeness (QED) is 0.682. The van der Waals surface area contributed by atoms with Gasteiger partial charge in [0, 0.05) is 19.3 Å². The van der Waals surface area contributed by atoms with Crippen LogP contribution in [0.3, 0.4) is 0 Å². The minimum absolute atomic E-state index is 0.180. The molecule has 0 aromatic carbocycles. The van der Waals surface area contributed by atoms with Crippen molar-refractivity contribution in [2.24, 2.45) is 5.92 Å². The molecule has 1 heterocycles. The number of aromatic nitrogens is 1. The number of nitrogens with two attached hydrogens (primary N) is 1. The van der Waals surface area contributed by atoms with Gasteiger partial charge >= 0.3 is 0 Å². The van der Waals surface area contributed by atoms with Crippen LogP contribution in [0.4, 0.5) is 5.69 Å². The molecule has 4 N–H and O–H groups in total. The maximum Gasteiger partial charge on any atom is 0.268 e. The summed E-state index contributed by atoms with van der Waals surface area (Å²) in [5, 5.41) is 12.8. The van der Waals surface area contributed by atoms with Crippen molar-refractivity contribution >= 4 is 11.6 Å². The Morgan fingerprint density at radius 2 is 2.05 bits per heavy atom. The molecule has 0 radical (unpaired) electrons. The van der Waals surface area contributed by atoms with E-state index in [-0.39, 0.29) is 18.4 Å². The lowest BCUT2D eigenvalue weighted by Crippen LogP contribution is -2.36. The van der Waals surface area contributed by atoms with E-state index in [1.165, 1.54) is 0 Å². The number of aliphatic hydroxyl groups is 1. The Morgan fingerprint density at radius 3 is 2.60 bits per heavy atom. The molecule has 20 heavy (non-hydrogen) atoms. The SMILES string of the molecule is CCCn1cc(N)cc1C(=O)NCC(O)C(CC)CC. The number of nitrogens with one attached hydrogen (secondary N) is 1. The summed E-state index contributed by atoms with van der Waals surface area (Å²) in [6.07, 6.45) is 4.03. The zero-order valence-corrected chi connectivity index (χ0v) is 12.7. The second-order valence-electron chi connectivity index (χ2n) is 5.21. The third-order valence-electron chi connectivity index (χ3n) is 3.68. The van der Waals surface area contributed by atoms with E-state index >= 15 is 0 Å². The van der Waals surface area contributed by atoms with Crippen LogP contribution < -0.4 is 11.1 Å². The second kappa shape index (κ2) is 7.94. The zero-order valence-electron chi connectivity index (χ0n) is 12.7. The summed E-state index contributed by atoms with van der Waals surface area (Å²) in [6, 6.07) is 1.68. The number of amides is 1. The van der Waals surface area contributed by atoms with Crippen molar-refractivity contribution in [1.82, 2.24) is 9.88 Å². The van der Waals surface area contributed by atoms with Crippen LogP contribution in [0.1, 0.15) is 50.5 Å². The molecule has 1 aromatic heterocycles. The summed E-state index contributed by atoms with van der Waals surface area (Å²) in [5.74, 6) is 0.0444. The number of carbonyl (C=O) groups is 1. The number of carbonyl (C=O) groups excluding carboxylic acids is 1. The van der Waals surface area contributed by atoms with Gasteiger partial charge in [-0.25, -0.2) is 0 Å². The minimum atomic E-state index is -0.499. The van der Waals surface area contributed by atoms with E-state index in [2.05, 4.69) is 12.2 Å². The molecule has 0 bridgehead atoms. The summed E-state index contributed by atoms with van der Waals surface area (Å²) in [5.41, 5.74) is 6.89. The number of hydrogen-bond acceptors (Lipinski definition) is 3. The van der Waals surface area contributed by atoms with Gasteiger partial charge in [-0.3, -0.25) is 4.79 Å². The first-order valence-electron chi connectivity index (χ1n) is 7.45. The summed E-state index contributed by atoms with van der Waals surface area (Å²) in [6.45, 7) is 7.19. The van der Waals surface area contributed by atoms with Crippen molar-refractivity contribution in [2.75, 3.05) is 12.3 Å². The van der Waals surface area contributed by atoms with Crippen LogP contribution in [0.5, 0.6) is 0 Å². The number of nitrogen functional groups attached to an aromatic ring is 1. The standard InChI is InChI=1S/C15H27N3O2/c1-4-7-18-10-12(16)8-13(18)15(20)17-9-14(19)11(5-2)6-3/h8,10-11,14,19H,4-7,9,16H2,1-3H3,(H,17,20). The van der Waals surface area contributed by atoms with Gasteiger partial charge in [-0.05, 0) is 18.4 Å². The maximum absolute atomic E-state index is 12.2. The predicted molar refractivity (Wildman–Crippen MR) is 81.5 cm³/mol. The van der Waals surface area contributed by atoms with Crippen molar-refractivity contribution in [2.45, 2.75) is 52.7 Å². The second-order valence-corrected chi connectivity index (χ2v) is 5.21. The van der Waals surface area contributed by atoms with Gasteiger partial charge in [-0.2, -0.15) is 0 Å². The lowest BCUT2D eigenvalue weighted by Gasteiger charge is -2.20. The first kappa shape index (κ1) is 16.6. The monoisotopic (exact) mass is 281 g/mol. The number of hydrogen-bond donors (Lipinski definition) is 3. The molecule has 0 aliphatic heterocycles. The Bertz CT molecular complexity index is 425. The highest BCUT2D eigenvalue weighted by molar-refractivity contribution is 5.93. The molecule has 1 unspecified atom stereocenters. The van der Waals surface area contributed by atoms with E-state index < -0.39 is 6.10 Å². The molecule has 1 aromatic rings. The average Bonchev–Trinajstić information content (AvgIpc) is 2.79. The van der Waals surface area contributed by atoms with Gasteiger partial charge in [-0.1, -0.05) is 33.6 Å². The Hall–Kier alpha value is -1.49. The molecule has 5 nitrogen and oxygen atoms in total. The minimum Gasteiger partial charge on any atom is -0.397 e. The van der Waals surface area contributed by atoms with Crippen molar-refractivity contribution in [1.29, 1.82) is 0 Å².